The van der Waals surface area contributed by atoms with Crippen LogP contribution in [0.15, 0.2) is 18.2 Å². The molecule has 2 heteroatoms. The predicted octanol–water partition coefficient (Wildman–Crippen LogP) is 2.50. The average molecular weight is 164 g/mol. The summed E-state index contributed by atoms with van der Waals surface area (Å²) in [4.78, 5) is 0. The van der Waals surface area contributed by atoms with Crippen molar-refractivity contribution in [3.05, 3.63) is 34.3 Å². The van der Waals surface area contributed by atoms with Crippen LogP contribution in [0.5, 0.6) is 0 Å². The Morgan fingerprint density at radius 3 is 3.00 bits per heavy atom. The molecule has 0 radical (unpaired) electrons. The molecule has 1 aliphatic carbocycles. The highest BCUT2D eigenvalue weighted by Gasteiger charge is 2.25. The highest BCUT2D eigenvalue weighted by molar-refractivity contribution is 6.30. The van der Waals surface area contributed by atoms with Crippen LogP contribution < -0.4 is 0 Å². The molecular formula is C9H6ClN. The first-order valence-corrected chi connectivity index (χ1v) is 3.87. The number of hydrogen-bond donors (Lipinski definition) is 0. The van der Waals surface area contributed by atoms with E-state index < -0.39 is 0 Å². The molecule has 0 N–H and O–H groups in total. The molecule has 1 aliphatic rings. The maximum atomic E-state index is 8.62. The molecule has 0 aromatic heterocycles. The zero-order valence-corrected chi connectivity index (χ0v) is 6.60. The summed E-state index contributed by atoms with van der Waals surface area (Å²) < 4.78 is 0. The number of benzene rings is 1. The summed E-state index contributed by atoms with van der Waals surface area (Å²) in [5, 5.41) is 9.38. The third kappa shape index (κ3) is 0.911. The van der Waals surface area contributed by atoms with Crippen molar-refractivity contribution in [3.63, 3.8) is 0 Å². The van der Waals surface area contributed by atoms with E-state index in [2.05, 4.69) is 6.07 Å². The van der Waals surface area contributed by atoms with E-state index in [1.54, 1.807) is 0 Å². The van der Waals surface area contributed by atoms with Crippen LogP contribution in [0.25, 0.3) is 0 Å². The lowest BCUT2D eigenvalue weighted by atomic mass is 9.79. The Balaban J connectivity index is 2.44. The lowest BCUT2D eigenvalue weighted by Crippen LogP contribution is -2.14. The minimum Gasteiger partial charge on any atom is -0.198 e. The SMILES string of the molecule is N#CC1Cc2cc(Cl)ccc21. The molecule has 0 bridgehead atoms. The summed E-state index contributed by atoms with van der Waals surface area (Å²) in [6, 6.07) is 7.95. The average Bonchev–Trinajstić information content (AvgIpc) is 1.95. The van der Waals surface area contributed by atoms with Gasteiger partial charge in [-0.1, -0.05) is 17.7 Å². The first-order chi connectivity index (χ1) is 5.31. The van der Waals surface area contributed by atoms with Gasteiger partial charge in [-0.15, -0.1) is 0 Å². The van der Waals surface area contributed by atoms with Gasteiger partial charge in [-0.2, -0.15) is 5.26 Å². The maximum absolute atomic E-state index is 8.62. The van der Waals surface area contributed by atoms with Crippen molar-refractivity contribution in [1.82, 2.24) is 0 Å². The maximum Gasteiger partial charge on any atom is 0.0755 e. The van der Waals surface area contributed by atoms with Crippen molar-refractivity contribution >= 4 is 11.6 Å². The number of fused-ring (bicyclic) bond motifs is 1. The van der Waals surface area contributed by atoms with Crippen LogP contribution >= 0.6 is 11.6 Å². The second-order valence-corrected chi connectivity index (χ2v) is 3.17. The summed E-state index contributed by atoms with van der Waals surface area (Å²) in [6.45, 7) is 0. The van der Waals surface area contributed by atoms with Crippen molar-refractivity contribution in [2.45, 2.75) is 12.3 Å². The molecule has 54 valence electrons. The van der Waals surface area contributed by atoms with E-state index in [0.717, 1.165) is 17.0 Å². The Labute approximate surface area is 70.2 Å². The molecule has 2 rings (SSSR count). The van der Waals surface area contributed by atoms with E-state index in [1.807, 2.05) is 18.2 Å². The van der Waals surface area contributed by atoms with Crippen LogP contribution in [-0.2, 0) is 6.42 Å². The molecule has 1 nitrogen and oxygen atoms in total. The van der Waals surface area contributed by atoms with E-state index in [9.17, 15) is 0 Å². The van der Waals surface area contributed by atoms with Crippen LogP contribution in [-0.4, -0.2) is 0 Å². The molecule has 0 spiro atoms. The highest BCUT2D eigenvalue weighted by Crippen LogP contribution is 2.35. The fourth-order valence-corrected chi connectivity index (χ4v) is 1.60. The Bertz CT molecular complexity index is 338. The fourth-order valence-electron chi connectivity index (χ4n) is 1.41. The second kappa shape index (κ2) is 2.25. The Kier molecular flexibility index (Phi) is 1.37. The van der Waals surface area contributed by atoms with Gasteiger partial charge in [0.25, 0.3) is 0 Å². The Hall–Kier alpha value is -1.00. The van der Waals surface area contributed by atoms with Gasteiger partial charge in [0.15, 0.2) is 0 Å². The molecule has 0 saturated heterocycles. The van der Waals surface area contributed by atoms with Crippen LogP contribution in [0.2, 0.25) is 5.02 Å². The van der Waals surface area contributed by atoms with Gasteiger partial charge in [0, 0.05) is 5.02 Å². The zero-order chi connectivity index (χ0) is 7.84. The molecule has 0 aliphatic heterocycles. The number of nitriles is 1. The lowest BCUT2D eigenvalue weighted by molar-refractivity contribution is 0.745. The van der Waals surface area contributed by atoms with Crippen molar-refractivity contribution in [2.75, 3.05) is 0 Å². The van der Waals surface area contributed by atoms with Gasteiger partial charge in [-0.25, -0.2) is 0 Å². The van der Waals surface area contributed by atoms with Gasteiger partial charge in [-0.05, 0) is 29.7 Å². The zero-order valence-electron chi connectivity index (χ0n) is 5.84. The first kappa shape index (κ1) is 6.69. The number of nitrogens with zero attached hydrogens (tertiary/aromatic N) is 1. The summed E-state index contributed by atoms with van der Waals surface area (Å²) in [5.41, 5.74) is 2.38. The number of rotatable bonds is 0. The predicted molar refractivity (Wildman–Crippen MR) is 43.5 cm³/mol. The van der Waals surface area contributed by atoms with Gasteiger partial charge >= 0.3 is 0 Å². The van der Waals surface area contributed by atoms with E-state index in [-0.39, 0.29) is 5.92 Å². The smallest absolute Gasteiger partial charge is 0.0755 e. The molecular weight excluding hydrogens is 158 g/mol. The fraction of sp³-hybridized carbons (Fsp3) is 0.222. The summed E-state index contributed by atoms with van der Waals surface area (Å²) in [5.74, 6) is 0.113. The molecule has 11 heavy (non-hydrogen) atoms. The minimum atomic E-state index is 0.113. The minimum absolute atomic E-state index is 0.113. The van der Waals surface area contributed by atoms with Gasteiger partial charge in [-0.3, -0.25) is 0 Å². The summed E-state index contributed by atoms with van der Waals surface area (Å²) in [6.07, 6.45) is 0.867. The molecule has 1 aromatic rings. The van der Waals surface area contributed by atoms with Gasteiger partial charge in [0.05, 0.1) is 12.0 Å². The molecule has 1 aromatic carbocycles. The van der Waals surface area contributed by atoms with E-state index in [1.165, 1.54) is 5.56 Å². The van der Waals surface area contributed by atoms with E-state index in [0.29, 0.717) is 0 Å². The normalized spacial score (nSPS) is 19.8. The quantitative estimate of drug-likeness (QED) is 0.577. The summed E-state index contributed by atoms with van der Waals surface area (Å²) in [7, 11) is 0. The molecule has 0 fully saturated rings. The van der Waals surface area contributed by atoms with Gasteiger partial charge in [0.2, 0.25) is 0 Å². The summed E-state index contributed by atoms with van der Waals surface area (Å²) >= 11 is 5.76. The van der Waals surface area contributed by atoms with E-state index >= 15 is 0 Å². The first-order valence-electron chi connectivity index (χ1n) is 3.49. The van der Waals surface area contributed by atoms with Crippen LogP contribution in [0.4, 0.5) is 0 Å². The van der Waals surface area contributed by atoms with Crippen LogP contribution in [0.3, 0.4) is 0 Å². The van der Waals surface area contributed by atoms with Crippen LogP contribution in [0.1, 0.15) is 17.0 Å². The molecule has 0 heterocycles. The monoisotopic (exact) mass is 163 g/mol. The van der Waals surface area contributed by atoms with Crippen LogP contribution in [0, 0.1) is 11.3 Å². The number of hydrogen-bond acceptors (Lipinski definition) is 1. The largest absolute Gasteiger partial charge is 0.198 e. The van der Waals surface area contributed by atoms with Crippen molar-refractivity contribution in [1.29, 1.82) is 5.26 Å². The Morgan fingerprint density at radius 2 is 2.36 bits per heavy atom. The van der Waals surface area contributed by atoms with Crippen molar-refractivity contribution in [2.24, 2.45) is 0 Å². The highest BCUT2D eigenvalue weighted by atomic mass is 35.5. The second-order valence-electron chi connectivity index (χ2n) is 2.73. The third-order valence-electron chi connectivity index (χ3n) is 2.06. The van der Waals surface area contributed by atoms with E-state index in [4.69, 9.17) is 16.9 Å². The molecule has 0 saturated carbocycles. The topological polar surface area (TPSA) is 23.8 Å². The molecule has 0 amide bonds. The lowest BCUT2D eigenvalue weighted by Gasteiger charge is -2.24. The van der Waals surface area contributed by atoms with Gasteiger partial charge < -0.3 is 0 Å². The molecule has 1 atom stereocenters. The van der Waals surface area contributed by atoms with Crippen molar-refractivity contribution < 1.29 is 0 Å². The van der Waals surface area contributed by atoms with Crippen molar-refractivity contribution in [3.8, 4) is 6.07 Å². The Morgan fingerprint density at radius 1 is 1.55 bits per heavy atom. The standard InChI is InChI=1S/C9H6ClN/c10-8-1-2-9-6(4-8)3-7(9)5-11/h1-2,4,7H,3H2. The van der Waals surface area contributed by atoms with Gasteiger partial charge in [0.1, 0.15) is 0 Å². The molecule has 1 unspecified atom stereocenters. The third-order valence-corrected chi connectivity index (χ3v) is 2.30. The number of halogens is 1.